The van der Waals surface area contributed by atoms with Crippen molar-refractivity contribution in [2.45, 2.75) is 32.6 Å². The zero-order chi connectivity index (χ0) is 18.6. The number of rotatable bonds is 6. The Morgan fingerprint density at radius 1 is 1.19 bits per heavy atom. The van der Waals surface area contributed by atoms with Crippen molar-refractivity contribution in [3.8, 4) is 11.6 Å². The van der Waals surface area contributed by atoms with Gasteiger partial charge in [-0.25, -0.2) is 4.98 Å². The van der Waals surface area contributed by atoms with E-state index in [1.54, 1.807) is 18.3 Å². The second-order valence-electron chi connectivity index (χ2n) is 6.32. The van der Waals surface area contributed by atoms with Crippen LogP contribution in [0.1, 0.15) is 19.4 Å². The number of benzene rings is 1. The third-order valence-corrected chi connectivity index (χ3v) is 5.44. The monoisotopic (exact) mass is 377 g/mol. The lowest BCUT2D eigenvalue weighted by Gasteiger charge is -2.34. The van der Waals surface area contributed by atoms with Gasteiger partial charge in [-0.2, -0.15) is 17.4 Å². The maximum atomic E-state index is 12.5. The lowest BCUT2D eigenvalue weighted by molar-refractivity contribution is -0.0444. The van der Waals surface area contributed by atoms with Gasteiger partial charge in [0.05, 0.1) is 12.2 Å². The molecule has 1 aromatic carbocycles. The van der Waals surface area contributed by atoms with E-state index in [1.807, 2.05) is 44.2 Å². The van der Waals surface area contributed by atoms with Crippen molar-refractivity contribution >= 4 is 10.2 Å². The highest BCUT2D eigenvalue weighted by Gasteiger charge is 2.30. The van der Waals surface area contributed by atoms with Crippen LogP contribution in [0, 0.1) is 0 Å². The normalized spacial score (nSPS) is 21.5. The summed E-state index contributed by atoms with van der Waals surface area (Å²) >= 11 is 0. The summed E-state index contributed by atoms with van der Waals surface area (Å²) in [7, 11) is -3.58. The van der Waals surface area contributed by atoms with Gasteiger partial charge in [-0.15, -0.1) is 0 Å². The molecule has 2 aromatic rings. The maximum Gasteiger partial charge on any atom is 0.279 e. The minimum atomic E-state index is -3.58. The molecule has 1 fully saturated rings. The standard InChI is InChI=1S/C18H23N3O4S/c1-14-12-21(13-15(2)24-14)26(22,23)20-11-16-8-9-19-18(10-16)25-17-6-4-3-5-7-17/h3-10,14-15,20H,11-13H2,1-2H3. The van der Waals surface area contributed by atoms with Crippen LogP contribution in [0.15, 0.2) is 48.7 Å². The molecule has 0 amide bonds. The zero-order valence-corrected chi connectivity index (χ0v) is 15.6. The molecule has 1 aliphatic heterocycles. The number of para-hydroxylation sites is 1. The van der Waals surface area contributed by atoms with Crippen LogP contribution in [0.25, 0.3) is 0 Å². The topological polar surface area (TPSA) is 80.8 Å². The number of aromatic nitrogens is 1. The van der Waals surface area contributed by atoms with Crippen LogP contribution in [0.2, 0.25) is 0 Å². The van der Waals surface area contributed by atoms with Crippen molar-refractivity contribution in [2.24, 2.45) is 0 Å². The first-order valence-corrected chi connectivity index (χ1v) is 9.94. The van der Waals surface area contributed by atoms with E-state index in [0.29, 0.717) is 24.7 Å². The third-order valence-electron chi connectivity index (χ3n) is 3.95. The zero-order valence-electron chi connectivity index (χ0n) is 14.8. The second kappa shape index (κ2) is 8.13. The maximum absolute atomic E-state index is 12.5. The minimum Gasteiger partial charge on any atom is -0.439 e. The van der Waals surface area contributed by atoms with Crippen molar-refractivity contribution in [1.29, 1.82) is 0 Å². The van der Waals surface area contributed by atoms with Crippen LogP contribution in [-0.2, 0) is 21.5 Å². The van der Waals surface area contributed by atoms with E-state index in [-0.39, 0.29) is 18.8 Å². The number of hydrogen-bond donors (Lipinski definition) is 1. The number of nitrogens with zero attached hydrogens (tertiary/aromatic N) is 2. The fraction of sp³-hybridized carbons (Fsp3) is 0.389. The molecule has 2 heterocycles. The lowest BCUT2D eigenvalue weighted by Crippen LogP contribution is -2.51. The summed E-state index contributed by atoms with van der Waals surface area (Å²) < 4.78 is 40.4. The number of pyridine rings is 1. The summed E-state index contributed by atoms with van der Waals surface area (Å²) in [5.41, 5.74) is 0.767. The average Bonchev–Trinajstić information content (AvgIpc) is 2.60. The van der Waals surface area contributed by atoms with E-state index < -0.39 is 10.2 Å². The van der Waals surface area contributed by atoms with E-state index in [4.69, 9.17) is 9.47 Å². The first-order valence-electron chi connectivity index (χ1n) is 8.50. The van der Waals surface area contributed by atoms with Gasteiger partial charge in [0.25, 0.3) is 10.2 Å². The number of nitrogens with one attached hydrogen (secondary N) is 1. The van der Waals surface area contributed by atoms with Crippen molar-refractivity contribution in [1.82, 2.24) is 14.0 Å². The first-order chi connectivity index (χ1) is 12.4. The van der Waals surface area contributed by atoms with Gasteiger partial charge < -0.3 is 9.47 Å². The average molecular weight is 377 g/mol. The molecule has 7 nitrogen and oxygen atoms in total. The summed E-state index contributed by atoms with van der Waals surface area (Å²) in [4.78, 5) is 4.16. The Morgan fingerprint density at radius 3 is 2.58 bits per heavy atom. The molecule has 0 saturated carbocycles. The molecule has 26 heavy (non-hydrogen) atoms. The molecule has 1 saturated heterocycles. The molecule has 0 radical (unpaired) electrons. The highest BCUT2D eigenvalue weighted by molar-refractivity contribution is 7.87. The Balaban J connectivity index is 1.63. The summed E-state index contributed by atoms with van der Waals surface area (Å²) in [6.45, 7) is 4.59. The SMILES string of the molecule is CC1CN(S(=O)(=O)NCc2ccnc(Oc3ccccc3)c2)CC(C)O1. The first kappa shape index (κ1) is 18.8. The largest absolute Gasteiger partial charge is 0.439 e. The van der Waals surface area contributed by atoms with E-state index in [9.17, 15) is 8.42 Å². The molecule has 140 valence electrons. The van der Waals surface area contributed by atoms with Crippen LogP contribution in [0.4, 0.5) is 0 Å². The molecule has 8 heteroatoms. The predicted molar refractivity (Wildman–Crippen MR) is 98.1 cm³/mol. The van der Waals surface area contributed by atoms with Crippen LogP contribution in [-0.4, -0.2) is 43.0 Å². The van der Waals surface area contributed by atoms with Crippen molar-refractivity contribution < 1.29 is 17.9 Å². The molecule has 1 aliphatic rings. The Hall–Kier alpha value is -2.00. The third kappa shape index (κ3) is 5.01. The van der Waals surface area contributed by atoms with Crippen molar-refractivity contribution in [3.05, 3.63) is 54.2 Å². The molecular formula is C18H23N3O4S. The summed E-state index contributed by atoms with van der Waals surface area (Å²) in [6.07, 6.45) is 1.35. The van der Waals surface area contributed by atoms with Crippen molar-refractivity contribution in [2.75, 3.05) is 13.1 Å². The van der Waals surface area contributed by atoms with Crippen LogP contribution < -0.4 is 9.46 Å². The van der Waals surface area contributed by atoms with Gasteiger partial charge in [0.2, 0.25) is 5.88 Å². The van der Waals surface area contributed by atoms with Gasteiger partial charge in [-0.3, -0.25) is 0 Å². The highest BCUT2D eigenvalue weighted by atomic mass is 32.2. The predicted octanol–water partition coefficient (Wildman–Crippen LogP) is 2.32. The Bertz CT molecular complexity index is 819. The van der Waals surface area contributed by atoms with Crippen molar-refractivity contribution in [3.63, 3.8) is 0 Å². The molecule has 0 aliphatic carbocycles. The Kier molecular flexibility index (Phi) is 5.87. The number of morpholine rings is 1. The molecule has 0 bridgehead atoms. The Labute approximate surface area is 154 Å². The van der Waals surface area contributed by atoms with Gasteiger partial charge in [-0.05, 0) is 37.6 Å². The van der Waals surface area contributed by atoms with Crippen LogP contribution in [0.5, 0.6) is 11.6 Å². The van der Waals surface area contributed by atoms with Gasteiger partial charge >= 0.3 is 0 Å². The van der Waals surface area contributed by atoms with Crippen LogP contribution >= 0.6 is 0 Å². The molecule has 3 rings (SSSR count). The second-order valence-corrected chi connectivity index (χ2v) is 8.07. The fourth-order valence-corrected chi connectivity index (χ4v) is 4.16. The number of hydrogen-bond acceptors (Lipinski definition) is 5. The quantitative estimate of drug-likeness (QED) is 0.836. The van der Waals surface area contributed by atoms with Gasteiger partial charge in [-0.1, -0.05) is 18.2 Å². The van der Waals surface area contributed by atoms with Crippen LogP contribution in [0.3, 0.4) is 0 Å². The number of ether oxygens (including phenoxy) is 2. The van der Waals surface area contributed by atoms with Gasteiger partial charge in [0, 0.05) is 31.9 Å². The Morgan fingerprint density at radius 2 is 1.88 bits per heavy atom. The molecular weight excluding hydrogens is 354 g/mol. The van der Waals surface area contributed by atoms with E-state index >= 15 is 0 Å². The van der Waals surface area contributed by atoms with Gasteiger partial charge in [0.15, 0.2) is 0 Å². The lowest BCUT2D eigenvalue weighted by atomic mass is 10.3. The summed E-state index contributed by atoms with van der Waals surface area (Å²) in [5, 5.41) is 0. The molecule has 0 spiro atoms. The summed E-state index contributed by atoms with van der Waals surface area (Å²) in [5.74, 6) is 1.09. The minimum absolute atomic E-state index is 0.123. The molecule has 1 aromatic heterocycles. The van der Waals surface area contributed by atoms with E-state index in [1.165, 1.54) is 4.31 Å². The highest BCUT2D eigenvalue weighted by Crippen LogP contribution is 2.19. The molecule has 2 atom stereocenters. The van der Waals surface area contributed by atoms with E-state index in [0.717, 1.165) is 5.56 Å². The molecule has 2 unspecified atom stereocenters. The fourth-order valence-electron chi connectivity index (χ4n) is 2.82. The molecule has 1 N–H and O–H groups in total. The van der Waals surface area contributed by atoms with E-state index in [2.05, 4.69) is 9.71 Å². The smallest absolute Gasteiger partial charge is 0.279 e. The summed E-state index contributed by atoms with van der Waals surface area (Å²) in [6, 6.07) is 12.8. The van der Waals surface area contributed by atoms with Gasteiger partial charge in [0.1, 0.15) is 5.75 Å².